The third kappa shape index (κ3) is 4.65. The summed E-state index contributed by atoms with van der Waals surface area (Å²) < 4.78 is 9.44. The maximum absolute atomic E-state index is 10.9. The Morgan fingerprint density at radius 1 is 1.38 bits per heavy atom. The van der Waals surface area contributed by atoms with E-state index in [-0.39, 0.29) is 12.3 Å². The zero-order chi connectivity index (χ0) is 17.7. The van der Waals surface area contributed by atoms with Gasteiger partial charge in [0.05, 0.1) is 14.2 Å². The summed E-state index contributed by atoms with van der Waals surface area (Å²) in [5.41, 5.74) is 6.41. The fourth-order valence-electron chi connectivity index (χ4n) is 2.49. The molecule has 1 amide bonds. The molecular weight excluding hydrogens is 326 g/mol. The van der Waals surface area contributed by atoms with Gasteiger partial charge in [-0.3, -0.25) is 4.79 Å². The molecule has 0 saturated carbocycles. The van der Waals surface area contributed by atoms with E-state index in [1.54, 1.807) is 11.8 Å². The number of carbonyl (C=O) groups is 1. The van der Waals surface area contributed by atoms with Gasteiger partial charge in [-0.15, -0.1) is 0 Å². The van der Waals surface area contributed by atoms with Crippen LogP contribution in [0.2, 0.25) is 0 Å². The van der Waals surface area contributed by atoms with Gasteiger partial charge in [0.15, 0.2) is 6.67 Å². The molecule has 1 heterocycles. The van der Waals surface area contributed by atoms with Crippen molar-refractivity contribution in [2.24, 2.45) is 12.8 Å². The maximum atomic E-state index is 10.9. The van der Waals surface area contributed by atoms with Crippen LogP contribution in [0.4, 0.5) is 0 Å². The topological polar surface area (TPSA) is 79.5 Å². The highest BCUT2D eigenvalue weighted by atomic mass is 32.1. The molecule has 0 fully saturated rings. The molecule has 8 heteroatoms. The van der Waals surface area contributed by atoms with Crippen molar-refractivity contribution in [1.29, 1.82) is 0 Å². The number of aromatic nitrogens is 3. The minimum Gasteiger partial charge on any atom is -0.497 e. The van der Waals surface area contributed by atoms with E-state index in [0.29, 0.717) is 17.9 Å². The number of primary amides is 1. The molecule has 2 rings (SSSR count). The molecule has 1 aromatic heterocycles. The van der Waals surface area contributed by atoms with Crippen molar-refractivity contribution in [3.8, 4) is 5.75 Å². The number of methoxy groups -OCH3 is 1. The molecule has 0 radical (unpaired) electrons. The number of quaternary nitrogens is 1. The molecule has 130 valence electrons. The molecule has 3 N–H and O–H groups in total. The quantitative estimate of drug-likeness (QED) is 0.660. The van der Waals surface area contributed by atoms with Crippen LogP contribution in [0.5, 0.6) is 5.75 Å². The van der Waals surface area contributed by atoms with Gasteiger partial charge in [0.1, 0.15) is 18.1 Å². The first kappa shape index (κ1) is 18.2. The Kier molecular flexibility index (Phi) is 6.10. The number of amides is 1. The zero-order valence-electron chi connectivity index (χ0n) is 14.3. The lowest BCUT2D eigenvalue weighted by Gasteiger charge is -2.14. The van der Waals surface area contributed by atoms with Crippen LogP contribution in [0.15, 0.2) is 24.3 Å². The number of ether oxygens (including phenoxy) is 1. The first-order chi connectivity index (χ1) is 11.4. The number of nitrogens with zero attached hydrogens (tertiary/aromatic N) is 3. The van der Waals surface area contributed by atoms with Crippen molar-refractivity contribution < 1.29 is 14.4 Å². The van der Waals surface area contributed by atoms with Crippen LogP contribution in [-0.4, -0.2) is 34.4 Å². The van der Waals surface area contributed by atoms with Crippen molar-refractivity contribution in [2.45, 2.75) is 26.1 Å². The number of benzene rings is 1. The summed E-state index contributed by atoms with van der Waals surface area (Å²) >= 11 is 5.43. The van der Waals surface area contributed by atoms with Crippen LogP contribution in [0, 0.1) is 4.77 Å². The highest BCUT2D eigenvalue weighted by molar-refractivity contribution is 7.71. The highest BCUT2D eigenvalue weighted by Crippen LogP contribution is 2.10. The van der Waals surface area contributed by atoms with Crippen LogP contribution in [0.25, 0.3) is 0 Å². The number of carbonyl (C=O) groups excluding carboxylic acids is 1. The summed E-state index contributed by atoms with van der Waals surface area (Å²) in [7, 11) is 5.61. The van der Waals surface area contributed by atoms with Crippen molar-refractivity contribution in [3.63, 3.8) is 0 Å². The summed E-state index contributed by atoms with van der Waals surface area (Å²) in [6, 6.07) is 8.02. The normalized spacial score (nSPS) is 12.1. The maximum Gasteiger partial charge on any atom is 0.217 e. The zero-order valence-corrected chi connectivity index (χ0v) is 15.1. The van der Waals surface area contributed by atoms with E-state index in [0.717, 1.165) is 18.1 Å². The SMILES string of the molecule is COc1ccc(C[NH+](C)Cn2nc(CCC(N)=O)n(C)c2=S)cc1. The van der Waals surface area contributed by atoms with E-state index in [4.69, 9.17) is 22.7 Å². The predicted molar refractivity (Wildman–Crippen MR) is 93.1 cm³/mol. The third-order valence-electron chi connectivity index (χ3n) is 3.81. The number of nitrogens with one attached hydrogen (secondary N) is 1. The summed E-state index contributed by atoms with van der Waals surface area (Å²) in [6.45, 7) is 1.49. The molecule has 24 heavy (non-hydrogen) atoms. The Labute approximate surface area is 146 Å². The molecule has 0 aliphatic carbocycles. The summed E-state index contributed by atoms with van der Waals surface area (Å²) in [5.74, 6) is 1.29. The van der Waals surface area contributed by atoms with Gasteiger partial charge >= 0.3 is 0 Å². The van der Waals surface area contributed by atoms with E-state index >= 15 is 0 Å². The van der Waals surface area contributed by atoms with Crippen molar-refractivity contribution in [2.75, 3.05) is 14.2 Å². The monoisotopic (exact) mass is 350 g/mol. The van der Waals surface area contributed by atoms with Gasteiger partial charge in [-0.05, 0) is 36.5 Å². The molecule has 0 spiro atoms. The number of hydrogen-bond donors (Lipinski definition) is 2. The van der Waals surface area contributed by atoms with Gasteiger partial charge in [0.25, 0.3) is 0 Å². The Bertz CT molecular complexity index is 751. The largest absolute Gasteiger partial charge is 0.497 e. The summed E-state index contributed by atoms with van der Waals surface area (Å²) in [5, 5.41) is 4.52. The number of hydrogen-bond acceptors (Lipinski definition) is 4. The Morgan fingerprint density at radius 2 is 2.04 bits per heavy atom. The van der Waals surface area contributed by atoms with Gasteiger partial charge in [-0.2, -0.15) is 9.78 Å². The number of aryl methyl sites for hydroxylation is 1. The Morgan fingerprint density at radius 3 is 2.62 bits per heavy atom. The second-order valence-corrected chi connectivity index (χ2v) is 6.23. The standard InChI is InChI=1S/C16H23N5O2S/c1-19(10-12-4-6-13(23-3)7-5-12)11-21-16(24)20(2)15(18-21)9-8-14(17)22/h4-7H,8-11H2,1-3H3,(H2,17,22)/p+1. The van der Waals surface area contributed by atoms with Crippen LogP contribution in [-0.2, 0) is 31.5 Å². The second kappa shape index (κ2) is 8.07. The van der Waals surface area contributed by atoms with Gasteiger partial charge in [0, 0.05) is 25.5 Å². The molecular formula is C16H24N5O2S+. The van der Waals surface area contributed by atoms with Gasteiger partial charge in [0.2, 0.25) is 10.7 Å². The average Bonchev–Trinajstić information content (AvgIpc) is 2.81. The summed E-state index contributed by atoms with van der Waals surface area (Å²) in [4.78, 5) is 12.2. The van der Waals surface area contributed by atoms with Gasteiger partial charge in [-0.25, -0.2) is 0 Å². The Hall–Kier alpha value is -2.19. The van der Waals surface area contributed by atoms with Gasteiger partial charge in [-0.1, -0.05) is 0 Å². The molecule has 0 aliphatic heterocycles. The third-order valence-corrected chi connectivity index (χ3v) is 4.30. The van der Waals surface area contributed by atoms with Crippen LogP contribution < -0.4 is 15.4 Å². The van der Waals surface area contributed by atoms with Crippen molar-refractivity contribution in [3.05, 3.63) is 40.4 Å². The first-order valence-corrected chi connectivity index (χ1v) is 8.16. The highest BCUT2D eigenvalue weighted by Gasteiger charge is 2.12. The molecule has 1 atom stereocenters. The van der Waals surface area contributed by atoms with Gasteiger partial charge < -0.3 is 19.9 Å². The predicted octanol–water partition coefficient (Wildman–Crippen LogP) is 0.0500. The smallest absolute Gasteiger partial charge is 0.217 e. The molecule has 7 nitrogen and oxygen atoms in total. The van der Waals surface area contributed by atoms with Crippen LogP contribution in [0.1, 0.15) is 17.8 Å². The summed E-state index contributed by atoms with van der Waals surface area (Å²) in [6.07, 6.45) is 0.772. The molecule has 1 aromatic carbocycles. The lowest BCUT2D eigenvalue weighted by Crippen LogP contribution is -3.07. The number of rotatable bonds is 8. The second-order valence-electron chi connectivity index (χ2n) is 5.86. The van der Waals surface area contributed by atoms with E-state index in [1.165, 1.54) is 10.5 Å². The average molecular weight is 350 g/mol. The van der Waals surface area contributed by atoms with E-state index in [1.807, 2.05) is 23.7 Å². The fourth-order valence-corrected chi connectivity index (χ4v) is 2.70. The first-order valence-electron chi connectivity index (χ1n) is 7.76. The lowest BCUT2D eigenvalue weighted by atomic mass is 10.2. The minimum atomic E-state index is -0.335. The molecule has 0 saturated heterocycles. The number of nitrogens with two attached hydrogens (primary N) is 1. The molecule has 1 unspecified atom stereocenters. The van der Waals surface area contributed by atoms with Crippen LogP contribution in [0.3, 0.4) is 0 Å². The van der Waals surface area contributed by atoms with Crippen molar-refractivity contribution >= 4 is 18.1 Å². The molecule has 2 aromatic rings. The van der Waals surface area contributed by atoms with E-state index in [2.05, 4.69) is 24.3 Å². The fraction of sp³-hybridized carbons (Fsp3) is 0.438. The Balaban J connectivity index is 2.02. The van der Waals surface area contributed by atoms with Crippen LogP contribution >= 0.6 is 12.2 Å². The minimum absolute atomic E-state index is 0.272. The molecule has 0 aliphatic rings. The van der Waals surface area contributed by atoms with Crippen molar-refractivity contribution in [1.82, 2.24) is 14.3 Å². The molecule has 0 bridgehead atoms. The van der Waals surface area contributed by atoms with E-state index < -0.39 is 0 Å². The van der Waals surface area contributed by atoms with E-state index in [9.17, 15) is 4.79 Å². The lowest BCUT2D eigenvalue weighted by molar-refractivity contribution is -0.917.